The van der Waals surface area contributed by atoms with Gasteiger partial charge in [0, 0.05) is 13.6 Å². The van der Waals surface area contributed by atoms with E-state index >= 15 is 0 Å². The summed E-state index contributed by atoms with van der Waals surface area (Å²) in [5.74, 6) is 1.63. The molecule has 3 nitrogen and oxygen atoms in total. The minimum atomic E-state index is -0.288. The molecule has 0 bridgehead atoms. The average molecular weight is 212 g/mol. The van der Waals surface area contributed by atoms with Crippen LogP contribution >= 0.6 is 0 Å². The molecule has 0 heterocycles. The van der Waals surface area contributed by atoms with Crippen LogP contribution in [0.1, 0.15) is 39.5 Å². The van der Waals surface area contributed by atoms with E-state index in [0.29, 0.717) is 0 Å². The summed E-state index contributed by atoms with van der Waals surface area (Å²) in [5.41, 5.74) is 5.84. The van der Waals surface area contributed by atoms with E-state index in [-0.39, 0.29) is 11.9 Å². The lowest BCUT2D eigenvalue weighted by Crippen LogP contribution is -2.42. The first-order valence-electron chi connectivity index (χ1n) is 6.06. The van der Waals surface area contributed by atoms with Crippen LogP contribution in [0.15, 0.2) is 0 Å². The predicted molar refractivity (Wildman–Crippen MR) is 62.4 cm³/mol. The quantitative estimate of drug-likeness (QED) is 0.727. The molecule has 2 unspecified atom stereocenters. The van der Waals surface area contributed by atoms with Crippen LogP contribution in [0.3, 0.4) is 0 Å². The molecule has 0 radical (unpaired) electrons. The summed E-state index contributed by atoms with van der Waals surface area (Å²) in [4.78, 5) is 13.6. The third-order valence-electron chi connectivity index (χ3n) is 3.35. The van der Waals surface area contributed by atoms with E-state index in [1.54, 1.807) is 0 Å². The molecule has 0 saturated heterocycles. The van der Waals surface area contributed by atoms with Crippen molar-refractivity contribution in [1.29, 1.82) is 0 Å². The smallest absolute Gasteiger partial charge is 0.239 e. The zero-order chi connectivity index (χ0) is 11.4. The van der Waals surface area contributed by atoms with Gasteiger partial charge in [-0.3, -0.25) is 4.79 Å². The monoisotopic (exact) mass is 212 g/mol. The SMILES string of the molecule is CCCC[C@H](N)C(=O)N(C)CC1CC1C. The maximum absolute atomic E-state index is 11.8. The Hall–Kier alpha value is -0.570. The number of amides is 1. The minimum absolute atomic E-state index is 0.113. The molecular formula is C12H24N2O. The van der Waals surface area contributed by atoms with Gasteiger partial charge in [-0.05, 0) is 24.7 Å². The fraction of sp³-hybridized carbons (Fsp3) is 0.917. The number of hydrogen-bond donors (Lipinski definition) is 1. The van der Waals surface area contributed by atoms with Gasteiger partial charge in [0.1, 0.15) is 0 Å². The van der Waals surface area contributed by atoms with Crippen molar-refractivity contribution in [3.63, 3.8) is 0 Å². The molecule has 3 atom stereocenters. The lowest BCUT2D eigenvalue weighted by atomic mass is 10.1. The van der Waals surface area contributed by atoms with Gasteiger partial charge in [-0.15, -0.1) is 0 Å². The van der Waals surface area contributed by atoms with E-state index in [9.17, 15) is 4.79 Å². The van der Waals surface area contributed by atoms with Crippen LogP contribution in [0.2, 0.25) is 0 Å². The number of nitrogens with two attached hydrogens (primary N) is 1. The van der Waals surface area contributed by atoms with Crippen LogP contribution in [0, 0.1) is 11.8 Å². The van der Waals surface area contributed by atoms with Gasteiger partial charge in [0.25, 0.3) is 0 Å². The van der Waals surface area contributed by atoms with Crippen molar-refractivity contribution in [2.24, 2.45) is 17.6 Å². The van der Waals surface area contributed by atoms with Gasteiger partial charge >= 0.3 is 0 Å². The van der Waals surface area contributed by atoms with E-state index in [1.807, 2.05) is 11.9 Å². The minimum Gasteiger partial charge on any atom is -0.344 e. The Bertz CT molecular complexity index is 218. The Labute approximate surface area is 93.0 Å². The second kappa shape index (κ2) is 5.50. The lowest BCUT2D eigenvalue weighted by Gasteiger charge is -2.21. The van der Waals surface area contributed by atoms with Gasteiger partial charge in [-0.25, -0.2) is 0 Å². The van der Waals surface area contributed by atoms with Crippen molar-refractivity contribution in [2.45, 2.75) is 45.6 Å². The molecule has 1 aliphatic carbocycles. The number of unbranched alkanes of at least 4 members (excludes halogenated alkanes) is 1. The number of hydrogen-bond acceptors (Lipinski definition) is 2. The van der Waals surface area contributed by atoms with E-state index < -0.39 is 0 Å². The van der Waals surface area contributed by atoms with Crippen LogP contribution in [-0.2, 0) is 4.79 Å². The zero-order valence-electron chi connectivity index (χ0n) is 10.2. The number of carbonyl (C=O) groups is 1. The Balaban J connectivity index is 2.24. The molecule has 1 aliphatic rings. The van der Waals surface area contributed by atoms with E-state index in [4.69, 9.17) is 5.73 Å². The molecule has 1 fully saturated rings. The van der Waals surface area contributed by atoms with E-state index in [0.717, 1.165) is 37.6 Å². The first-order valence-corrected chi connectivity index (χ1v) is 6.06. The van der Waals surface area contributed by atoms with Crippen LogP contribution in [0.25, 0.3) is 0 Å². The Morgan fingerprint density at radius 3 is 2.67 bits per heavy atom. The molecule has 0 aromatic heterocycles. The van der Waals surface area contributed by atoms with Crippen molar-refractivity contribution in [3.05, 3.63) is 0 Å². The van der Waals surface area contributed by atoms with Crippen molar-refractivity contribution in [2.75, 3.05) is 13.6 Å². The summed E-state index contributed by atoms with van der Waals surface area (Å²) >= 11 is 0. The van der Waals surface area contributed by atoms with Crippen LogP contribution in [0.4, 0.5) is 0 Å². The third kappa shape index (κ3) is 3.82. The summed E-state index contributed by atoms with van der Waals surface area (Å²) in [6.45, 7) is 5.24. The molecular weight excluding hydrogens is 188 g/mol. The predicted octanol–water partition coefficient (Wildman–Crippen LogP) is 1.62. The highest BCUT2D eigenvalue weighted by molar-refractivity contribution is 5.81. The maximum atomic E-state index is 11.8. The second-order valence-corrected chi connectivity index (χ2v) is 4.94. The molecule has 0 aromatic carbocycles. The molecule has 0 aromatic rings. The highest BCUT2D eigenvalue weighted by atomic mass is 16.2. The average Bonchev–Trinajstić information content (AvgIpc) is 2.89. The second-order valence-electron chi connectivity index (χ2n) is 4.94. The van der Waals surface area contributed by atoms with Crippen molar-refractivity contribution in [3.8, 4) is 0 Å². The summed E-state index contributed by atoms with van der Waals surface area (Å²) < 4.78 is 0. The van der Waals surface area contributed by atoms with Crippen LogP contribution in [-0.4, -0.2) is 30.4 Å². The molecule has 0 aliphatic heterocycles. The molecule has 1 rings (SSSR count). The molecule has 88 valence electrons. The third-order valence-corrected chi connectivity index (χ3v) is 3.35. The van der Waals surface area contributed by atoms with E-state index in [2.05, 4.69) is 13.8 Å². The van der Waals surface area contributed by atoms with Gasteiger partial charge in [0.2, 0.25) is 5.91 Å². The molecule has 0 spiro atoms. The molecule has 2 N–H and O–H groups in total. The molecule has 3 heteroatoms. The molecule has 1 saturated carbocycles. The van der Waals surface area contributed by atoms with E-state index in [1.165, 1.54) is 6.42 Å². The fourth-order valence-corrected chi connectivity index (χ4v) is 1.93. The standard InChI is InChI=1S/C12H24N2O/c1-4-5-6-11(13)12(15)14(3)8-10-7-9(10)2/h9-11H,4-8,13H2,1-3H3/t9?,10?,11-/m0/s1. The Morgan fingerprint density at radius 1 is 1.60 bits per heavy atom. The Morgan fingerprint density at radius 2 is 2.20 bits per heavy atom. The normalized spacial score (nSPS) is 26.1. The first-order chi connectivity index (χ1) is 7.06. The lowest BCUT2D eigenvalue weighted by molar-refractivity contribution is -0.131. The Kier molecular flexibility index (Phi) is 4.58. The largest absolute Gasteiger partial charge is 0.344 e. The molecule has 15 heavy (non-hydrogen) atoms. The number of carbonyl (C=O) groups excluding carboxylic acids is 1. The van der Waals surface area contributed by atoms with Gasteiger partial charge in [-0.1, -0.05) is 26.7 Å². The van der Waals surface area contributed by atoms with Crippen LogP contribution in [0.5, 0.6) is 0 Å². The fourth-order valence-electron chi connectivity index (χ4n) is 1.93. The number of rotatable bonds is 6. The van der Waals surface area contributed by atoms with Crippen LogP contribution < -0.4 is 5.73 Å². The zero-order valence-corrected chi connectivity index (χ0v) is 10.2. The van der Waals surface area contributed by atoms with Gasteiger partial charge in [-0.2, -0.15) is 0 Å². The highest BCUT2D eigenvalue weighted by Crippen LogP contribution is 2.37. The number of nitrogens with zero attached hydrogens (tertiary/aromatic N) is 1. The van der Waals surface area contributed by atoms with Crippen molar-refractivity contribution in [1.82, 2.24) is 4.90 Å². The summed E-state index contributed by atoms with van der Waals surface area (Å²) in [6, 6.07) is -0.288. The summed E-state index contributed by atoms with van der Waals surface area (Å²) in [7, 11) is 1.87. The summed E-state index contributed by atoms with van der Waals surface area (Å²) in [5, 5.41) is 0. The van der Waals surface area contributed by atoms with Gasteiger partial charge in [0.15, 0.2) is 0 Å². The summed E-state index contributed by atoms with van der Waals surface area (Å²) in [6.07, 6.45) is 4.23. The van der Waals surface area contributed by atoms with Crippen molar-refractivity contribution < 1.29 is 4.79 Å². The number of likely N-dealkylation sites (N-methyl/N-ethyl adjacent to an activating group) is 1. The topological polar surface area (TPSA) is 46.3 Å². The maximum Gasteiger partial charge on any atom is 0.239 e. The van der Waals surface area contributed by atoms with Crippen molar-refractivity contribution >= 4 is 5.91 Å². The molecule has 1 amide bonds. The van der Waals surface area contributed by atoms with Gasteiger partial charge in [0.05, 0.1) is 6.04 Å². The van der Waals surface area contributed by atoms with Gasteiger partial charge < -0.3 is 10.6 Å². The highest BCUT2D eigenvalue weighted by Gasteiger charge is 2.34. The first kappa shape index (κ1) is 12.5.